The molecule has 0 spiro atoms. The van der Waals surface area contributed by atoms with E-state index in [-0.39, 0.29) is 22.8 Å². The molecule has 0 aliphatic carbocycles. The van der Waals surface area contributed by atoms with Gasteiger partial charge in [0.2, 0.25) is 0 Å². The van der Waals surface area contributed by atoms with Gasteiger partial charge in [0, 0.05) is 44.2 Å². The van der Waals surface area contributed by atoms with Crippen molar-refractivity contribution in [1.82, 2.24) is 24.5 Å². The fourth-order valence-corrected chi connectivity index (χ4v) is 9.81. The standard InChI is InChI=1S/C65H44F3N5/c1-41-17-15-27-47(33-41)49-29-31-52-53-32-30-50(48-28-16-18-42(2)34-48)36-61(53)73(60(52)35-49)62-54(63-69-56(43-19-7-3-8-20-43)39-57(70-63)44-21-9-4-10-22-44)37-51(65(66,67)68)38-55(62)64-71-58(45-23-11-5-12-24-45)40-59(72-64)46-25-13-6-14-26-46/h3-40H,1-2H3. The Bertz CT molecular complexity index is 3650. The van der Waals surface area contributed by atoms with Crippen molar-refractivity contribution in [2.45, 2.75) is 20.0 Å². The lowest BCUT2D eigenvalue weighted by molar-refractivity contribution is -0.137. The summed E-state index contributed by atoms with van der Waals surface area (Å²) in [5.41, 5.74) is 12.7. The molecule has 0 saturated carbocycles. The summed E-state index contributed by atoms with van der Waals surface area (Å²) in [6.45, 7) is 4.13. The Morgan fingerprint density at radius 2 is 0.658 bits per heavy atom. The van der Waals surface area contributed by atoms with E-state index in [9.17, 15) is 0 Å². The van der Waals surface area contributed by atoms with Crippen molar-refractivity contribution in [2.75, 3.05) is 0 Å². The Morgan fingerprint density at radius 3 is 0.986 bits per heavy atom. The third kappa shape index (κ3) is 8.74. The van der Waals surface area contributed by atoms with E-state index in [1.54, 1.807) is 0 Å². The first-order valence-corrected chi connectivity index (χ1v) is 24.1. The first-order valence-electron chi connectivity index (χ1n) is 24.1. The highest BCUT2D eigenvalue weighted by Crippen LogP contribution is 2.46. The van der Waals surface area contributed by atoms with E-state index in [0.717, 1.165) is 77.4 Å². The quantitative estimate of drug-likeness (QED) is 0.145. The molecule has 0 fully saturated rings. The topological polar surface area (TPSA) is 56.5 Å². The third-order valence-corrected chi connectivity index (χ3v) is 13.3. The SMILES string of the molecule is Cc1cccc(-c2ccc3c4ccc(-c5cccc(C)c5)cc4n(-c4c(-c5nc(-c6ccccc6)cc(-c6ccccc6)n5)cc(C(F)(F)F)cc4-c4nc(-c5ccccc5)cc(-c5ccccc5)n4)c3c2)c1. The molecule has 12 rings (SSSR count). The van der Waals surface area contributed by atoms with Gasteiger partial charge >= 0.3 is 6.18 Å². The van der Waals surface area contributed by atoms with Gasteiger partial charge in [-0.2, -0.15) is 13.2 Å². The molecule has 0 aliphatic heterocycles. The van der Waals surface area contributed by atoms with Crippen molar-refractivity contribution in [3.05, 3.63) is 247 Å². The van der Waals surface area contributed by atoms with Gasteiger partial charge in [-0.3, -0.25) is 0 Å². The molecule has 0 saturated heterocycles. The lowest BCUT2D eigenvalue weighted by atomic mass is 9.98. The number of hydrogen-bond acceptors (Lipinski definition) is 4. The fraction of sp³-hybridized carbons (Fsp3) is 0.0462. The van der Waals surface area contributed by atoms with Crippen LogP contribution in [0.15, 0.2) is 231 Å². The van der Waals surface area contributed by atoms with Crippen LogP contribution in [0, 0.1) is 13.8 Å². The molecule has 350 valence electrons. The largest absolute Gasteiger partial charge is 0.416 e. The summed E-state index contributed by atoms with van der Waals surface area (Å²) in [6, 6.07) is 74.1. The molecule has 0 amide bonds. The van der Waals surface area contributed by atoms with Gasteiger partial charge in [-0.15, -0.1) is 0 Å². The zero-order valence-corrected chi connectivity index (χ0v) is 39.8. The molecule has 73 heavy (non-hydrogen) atoms. The van der Waals surface area contributed by atoms with Crippen molar-refractivity contribution < 1.29 is 13.2 Å². The predicted octanol–water partition coefficient (Wildman–Crippen LogP) is 17.3. The lowest BCUT2D eigenvalue weighted by Crippen LogP contribution is -2.11. The number of benzene rings is 9. The number of aryl methyl sites for hydroxylation is 2. The fourth-order valence-electron chi connectivity index (χ4n) is 9.81. The maximum atomic E-state index is 16.0. The summed E-state index contributed by atoms with van der Waals surface area (Å²) >= 11 is 0. The summed E-state index contributed by atoms with van der Waals surface area (Å²) in [5.74, 6) is 0.203. The van der Waals surface area contributed by atoms with E-state index in [1.165, 1.54) is 12.1 Å². The summed E-state index contributed by atoms with van der Waals surface area (Å²) in [5, 5.41) is 1.82. The highest BCUT2D eigenvalue weighted by atomic mass is 19.4. The average molecular weight is 952 g/mol. The number of rotatable bonds is 9. The highest BCUT2D eigenvalue weighted by molar-refractivity contribution is 6.12. The molecule has 12 aromatic rings. The molecule has 5 nitrogen and oxygen atoms in total. The summed E-state index contributed by atoms with van der Waals surface area (Å²) in [4.78, 5) is 20.9. The van der Waals surface area contributed by atoms with E-state index in [0.29, 0.717) is 28.5 Å². The van der Waals surface area contributed by atoms with E-state index in [4.69, 9.17) is 19.9 Å². The van der Waals surface area contributed by atoms with Gasteiger partial charge in [0.1, 0.15) is 0 Å². The van der Waals surface area contributed by atoms with E-state index in [2.05, 4.69) is 91.2 Å². The van der Waals surface area contributed by atoms with Gasteiger partial charge in [0.05, 0.1) is 45.1 Å². The van der Waals surface area contributed by atoms with Crippen LogP contribution in [0.1, 0.15) is 16.7 Å². The molecule has 3 aromatic heterocycles. The zero-order valence-electron chi connectivity index (χ0n) is 39.8. The van der Waals surface area contributed by atoms with E-state index in [1.807, 2.05) is 146 Å². The second kappa shape index (κ2) is 18.5. The van der Waals surface area contributed by atoms with Crippen molar-refractivity contribution in [1.29, 1.82) is 0 Å². The molecular formula is C65H44F3N5. The molecule has 3 heterocycles. The van der Waals surface area contributed by atoms with Crippen LogP contribution >= 0.6 is 0 Å². The van der Waals surface area contributed by atoms with Crippen molar-refractivity contribution >= 4 is 21.8 Å². The summed E-state index contributed by atoms with van der Waals surface area (Å²) in [6.07, 6.45) is -4.81. The number of hydrogen-bond donors (Lipinski definition) is 0. The number of fused-ring (bicyclic) bond motifs is 3. The van der Waals surface area contributed by atoms with Crippen LogP contribution < -0.4 is 0 Å². The summed E-state index contributed by atoms with van der Waals surface area (Å²) < 4.78 is 50.1. The number of aromatic nitrogens is 5. The molecule has 9 aromatic carbocycles. The first kappa shape index (κ1) is 44.9. The van der Waals surface area contributed by atoms with Crippen molar-refractivity contribution in [3.63, 3.8) is 0 Å². The first-order chi connectivity index (χ1) is 35.6. The number of halogens is 3. The predicted molar refractivity (Wildman–Crippen MR) is 290 cm³/mol. The molecule has 0 aliphatic rings. The molecule has 0 bridgehead atoms. The van der Waals surface area contributed by atoms with Gasteiger partial charge in [0.25, 0.3) is 0 Å². The lowest BCUT2D eigenvalue weighted by Gasteiger charge is -2.22. The van der Waals surface area contributed by atoms with Crippen molar-refractivity contribution in [2.24, 2.45) is 0 Å². The zero-order chi connectivity index (χ0) is 49.6. The Kier molecular flexibility index (Phi) is 11.4. The molecule has 0 atom stereocenters. The smallest absolute Gasteiger partial charge is 0.308 e. The second-order valence-corrected chi connectivity index (χ2v) is 18.3. The van der Waals surface area contributed by atoms with Crippen LogP contribution in [0.3, 0.4) is 0 Å². The van der Waals surface area contributed by atoms with Gasteiger partial charge < -0.3 is 4.57 Å². The Balaban J connectivity index is 1.28. The minimum Gasteiger partial charge on any atom is -0.308 e. The summed E-state index contributed by atoms with van der Waals surface area (Å²) in [7, 11) is 0. The maximum Gasteiger partial charge on any atom is 0.416 e. The van der Waals surface area contributed by atoms with Crippen molar-refractivity contribution in [3.8, 4) is 95.7 Å². The minimum atomic E-state index is -4.81. The Labute approximate surface area is 420 Å². The average Bonchev–Trinajstić information content (AvgIpc) is 3.76. The van der Waals surface area contributed by atoms with Crippen LogP contribution in [0.2, 0.25) is 0 Å². The van der Waals surface area contributed by atoms with Crippen LogP contribution in [0.5, 0.6) is 0 Å². The molecular weight excluding hydrogens is 908 g/mol. The van der Waals surface area contributed by atoms with Crippen LogP contribution in [0.25, 0.3) is 118 Å². The molecule has 0 unspecified atom stereocenters. The van der Waals surface area contributed by atoms with Crippen LogP contribution in [0.4, 0.5) is 13.2 Å². The molecule has 0 radical (unpaired) electrons. The van der Waals surface area contributed by atoms with Crippen LogP contribution in [-0.2, 0) is 6.18 Å². The molecule has 0 N–H and O–H groups in total. The van der Waals surface area contributed by atoms with Gasteiger partial charge in [-0.1, -0.05) is 205 Å². The highest BCUT2D eigenvalue weighted by Gasteiger charge is 2.35. The monoisotopic (exact) mass is 951 g/mol. The van der Waals surface area contributed by atoms with Crippen LogP contribution in [-0.4, -0.2) is 24.5 Å². The van der Waals surface area contributed by atoms with E-state index < -0.39 is 11.7 Å². The molecule has 8 heteroatoms. The second-order valence-electron chi connectivity index (χ2n) is 18.3. The maximum absolute atomic E-state index is 16.0. The van der Waals surface area contributed by atoms with Gasteiger partial charge in [-0.25, -0.2) is 19.9 Å². The Hall–Kier alpha value is -9.27. The van der Waals surface area contributed by atoms with Gasteiger partial charge in [0.15, 0.2) is 11.6 Å². The Morgan fingerprint density at radius 1 is 0.329 bits per heavy atom. The minimum absolute atomic E-state index is 0.102. The normalized spacial score (nSPS) is 11.6. The third-order valence-electron chi connectivity index (χ3n) is 13.3. The van der Waals surface area contributed by atoms with Gasteiger partial charge in [-0.05, 0) is 72.5 Å². The van der Waals surface area contributed by atoms with E-state index >= 15 is 13.2 Å². The number of nitrogens with zero attached hydrogens (tertiary/aromatic N) is 5. The number of alkyl halides is 3.